The SMILES string of the molecule is Cc1ccc(Nc2ccccc2)cc1NC(=O)c1cccc(Nc2ccnc3ccc(C#N)cc23)c1. The molecule has 0 unspecified atom stereocenters. The second-order valence-corrected chi connectivity index (χ2v) is 8.38. The summed E-state index contributed by atoms with van der Waals surface area (Å²) in [6.07, 6.45) is 1.71. The minimum atomic E-state index is -0.204. The van der Waals surface area contributed by atoms with Crippen molar-refractivity contribution in [2.24, 2.45) is 0 Å². The van der Waals surface area contributed by atoms with Crippen LogP contribution in [0.15, 0.2) is 103 Å². The quantitative estimate of drug-likeness (QED) is 0.246. The zero-order valence-electron chi connectivity index (χ0n) is 19.6. The number of aromatic nitrogens is 1. The summed E-state index contributed by atoms with van der Waals surface area (Å²) in [6.45, 7) is 1.96. The Balaban J connectivity index is 1.36. The smallest absolute Gasteiger partial charge is 0.255 e. The Bertz CT molecular complexity index is 1610. The highest BCUT2D eigenvalue weighted by Crippen LogP contribution is 2.27. The number of fused-ring (bicyclic) bond motifs is 1. The highest BCUT2D eigenvalue weighted by molar-refractivity contribution is 6.05. The van der Waals surface area contributed by atoms with Gasteiger partial charge in [0.1, 0.15) is 0 Å². The number of rotatable bonds is 6. The molecule has 6 nitrogen and oxygen atoms in total. The van der Waals surface area contributed by atoms with Gasteiger partial charge in [0.15, 0.2) is 0 Å². The zero-order chi connectivity index (χ0) is 24.9. The molecule has 0 saturated heterocycles. The van der Waals surface area contributed by atoms with E-state index in [0.717, 1.165) is 44.9 Å². The number of nitriles is 1. The Hall–Kier alpha value is -5.15. The van der Waals surface area contributed by atoms with Crippen molar-refractivity contribution in [3.63, 3.8) is 0 Å². The molecule has 4 aromatic carbocycles. The molecule has 6 heteroatoms. The lowest BCUT2D eigenvalue weighted by Gasteiger charge is -2.13. The van der Waals surface area contributed by atoms with Crippen molar-refractivity contribution in [1.82, 2.24) is 4.98 Å². The fourth-order valence-corrected chi connectivity index (χ4v) is 3.94. The van der Waals surface area contributed by atoms with Crippen molar-refractivity contribution < 1.29 is 4.79 Å². The molecule has 1 amide bonds. The van der Waals surface area contributed by atoms with E-state index in [1.807, 2.05) is 79.7 Å². The van der Waals surface area contributed by atoms with Gasteiger partial charge in [0.05, 0.1) is 17.1 Å². The van der Waals surface area contributed by atoms with Crippen molar-refractivity contribution >= 4 is 45.2 Å². The van der Waals surface area contributed by atoms with Crippen LogP contribution in [0.25, 0.3) is 10.9 Å². The van der Waals surface area contributed by atoms with Gasteiger partial charge in [0.2, 0.25) is 0 Å². The maximum atomic E-state index is 13.1. The van der Waals surface area contributed by atoms with E-state index in [0.29, 0.717) is 11.1 Å². The highest BCUT2D eigenvalue weighted by atomic mass is 16.1. The molecule has 1 heterocycles. The Kier molecular flexibility index (Phi) is 6.29. The van der Waals surface area contributed by atoms with Gasteiger partial charge < -0.3 is 16.0 Å². The fraction of sp³-hybridized carbons (Fsp3) is 0.0333. The van der Waals surface area contributed by atoms with E-state index in [1.54, 1.807) is 30.5 Å². The van der Waals surface area contributed by atoms with Crippen LogP contribution in [-0.2, 0) is 0 Å². The van der Waals surface area contributed by atoms with Gasteiger partial charge in [-0.3, -0.25) is 9.78 Å². The molecule has 0 bridgehead atoms. The molecule has 174 valence electrons. The van der Waals surface area contributed by atoms with Crippen LogP contribution in [0.5, 0.6) is 0 Å². The second-order valence-electron chi connectivity index (χ2n) is 8.38. The summed E-state index contributed by atoms with van der Waals surface area (Å²) < 4.78 is 0. The number of carbonyl (C=O) groups excluding carboxylic acids is 1. The summed E-state index contributed by atoms with van der Waals surface area (Å²) in [5.41, 5.74) is 7.01. The molecule has 1 aromatic heterocycles. The maximum Gasteiger partial charge on any atom is 0.255 e. The topological polar surface area (TPSA) is 89.8 Å². The third-order valence-electron chi connectivity index (χ3n) is 5.82. The second kappa shape index (κ2) is 10.00. The van der Waals surface area contributed by atoms with Crippen LogP contribution in [0.1, 0.15) is 21.5 Å². The summed E-state index contributed by atoms with van der Waals surface area (Å²) in [7, 11) is 0. The fourth-order valence-electron chi connectivity index (χ4n) is 3.94. The van der Waals surface area contributed by atoms with Gasteiger partial charge in [-0.15, -0.1) is 0 Å². The number of amides is 1. The molecule has 0 aliphatic heterocycles. The van der Waals surface area contributed by atoms with Crippen molar-refractivity contribution in [2.75, 3.05) is 16.0 Å². The van der Waals surface area contributed by atoms with E-state index in [9.17, 15) is 10.1 Å². The molecular weight excluding hydrogens is 446 g/mol. The molecule has 0 aliphatic carbocycles. The largest absolute Gasteiger partial charge is 0.355 e. The summed E-state index contributed by atoms with van der Waals surface area (Å²) in [4.78, 5) is 17.5. The number of anilines is 5. The molecule has 0 atom stereocenters. The highest BCUT2D eigenvalue weighted by Gasteiger charge is 2.11. The Morgan fingerprint density at radius 3 is 2.42 bits per heavy atom. The van der Waals surface area contributed by atoms with E-state index >= 15 is 0 Å². The first kappa shape index (κ1) is 22.6. The van der Waals surface area contributed by atoms with Gasteiger partial charge in [-0.1, -0.05) is 30.3 Å². The Morgan fingerprint density at radius 1 is 0.778 bits per heavy atom. The predicted octanol–water partition coefficient (Wildman–Crippen LogP) is 7.15. The number of nitrogens with one attached hydrogen (secondary N) is 3. The number of pyridine rings is 1. The Labute approximate surface area is 209 Å². The van der Waals surface area contributed by atoms with Crippen LogP contribution in [0.2, 0.25) is 0 Å². The zero-order valence-corrected chi connectivity index (χ0v) is 19.6. The van der Waals surface area contributed by atoms with Crippen molar-refractivity contribution in [2.45, 2.75) is 6.92 Å². The minimum absolute atomic E-state index is 0.204. The molecule has 5 aromatic rings. The van der Waals surface area contributed by atoms with E-state index in [1.165, 1.54) is 0 Å². The number of aryl methyl sites for hydroxylation is 1. The summed E-state index contributed by atoms with van der Waals surface area (Å²) in [5.74, 6) is -0.204. The van der Waals surface area contributed by atoms with Gasteiger partial charge in [0.25, 0.3) is 5.91 Å². The molecule has 0 aliphatic rings. The molecule has 0 spiro atoms. The normalized spacial score (nSPS) is 10.4. The van der Waals surface area contributed by atoms with Gasteiger partial charge in [0, 0.05) is 45.6 Å². The average Bonchev–Trinajstić information content (AvgIpc) is 2.91. The van der Waals surface area contributed by atoms with Crippen LogP contribution in [0, 0.1) is 18.3 Å². The predicted molar refractivity (Wildman–Crippen MR) is 145 cm³/mol. The first-order chi connectivity index (χ1) is 17.6. The van der Waals surface area contributed by atoms with Crippen LogP contribution in [0.3, 0.4) is 0 Å². The number of benzene rings is 4. The van der Waals surface area contributed by atoms with Crippen LogP contribution < -0.4 is 16.0 Å². The molecular formula is C30H23N5O. The Morgan fingerprint density at radius 2 is 1.58 bits per heavy atom. The van der Waals surface area contributed by atoms with Crippen LogP contribution in [-0.4, -0.2) is 10.9 Å². The molecule has 3 N–H and O–H groups in total. The van der Waals surface area contributed by atoms with Gasteiger partial charge >= 0.3 is 0 Å². The van der Waals surface area contributed by atoms with Crippen LogP contribution >= 0.6 is 0 Å². The number of nitrogens with zero attached hydrogens (tertiary/aromatic N) is 2. The summed E-state index contributed by atoms with van der Waals surface area (Å²) in [6, 6.07) is 32.5. The summed E-state index contributed by atoms with van der Waals surface area (Å²) in [5, 5.41) is 19.9. The molecule has 0 fully saturated rings. The van der Waals surface area contributed by atoms with Crippen molar-refractivity contribution in [3.8, 4) is 6.07 Å². The monoisotopic (exact) mass is 469 g/mol. The van der Waals surface area contributed by atoms with E-state index in [4.69, 9.17) is 0 Å². The lowest BCUT2D eigenvalue weighted by molar-refractivity contribution is 0.102. The lowest BCUT2D eigenvalue weighted by Crippen LogP contribution is -2.13. The van der Waals surface area contributed by atoms with E-state index < -0.39 is 0 Å². The van der Waals surface area contributed by atoms with Gasteiger partial charge in [-0.2, -0.15) is 5.26 Å². The standard InChI is InChI=1S/C30H23N5O/c1-20-10-12-25(33-23-7-3-2-4-8-23)18-29(20)35-30(36)22-6-5-9-24(17-22)34-28-14-15-32-27-13-11-21(19-31)16-26(27)28/h2-18,33H,1H3,(H,32,34)(H,35,36). The minimum Gasteiger partial charge on any atom is -0.355 e. The summed E-state index contributed by atoms with van der Waals surface area (Å²) >= 11 is 0. The molecule has 5 rings (SSSR count). The van der Waals surface area contributed by atoms with Crippen molar-refractivity contribution in [1.29, 1.82) is 5.26 Å². The molecule has 36 heavy (non-hydrogen) atoms. The van der Waals surface area contributed by atoms with Gasteiger partial charge in [-0.05, 0) is 79.2 Å². The number of carbonyl (C=O) groups is 1. The maximum absolute atomic E-state index is 13.1. The van der Waals surface area contributed by atoms with Gasteiger partial charge in [-0.25, -0.2) is 0 Å². The van der Waals surface area contributed by atoms with E-state index in [2.05, 4.69) is 27.0 Å². The number of hydrogen-bond donors (Lipinski definition) is 3. The third-order valence-corrected chi connectivity index (χ3v) is 5.82. The first-order valence-electron chi connectivity index (χ1n) is 11.5. The first-order valence-corrected chi connectivity index (χ1v) is 11.5. The van der Waals surface area contributed by atoms with Crippen LogP contribution in [0.4, 0.5) is 28.4 Å². The number of hydrogen-bond acceptors (Lipinski definition) is 5. The molecule has 0 saturated carbocycles. The van der Waals surface area contributed by atoms with E-state index in [-0.39, 0.29) is 5.91 Å². The lowest BCUT2D eigenvalue weighted by atomic mass is 10.1. The number of para-hydroxylation sites is 1. The molecule has 0 radical (unpaired) electrons. The average molecular weight is 470 g/mol. The third kappa shape index (κ3) is 5.01. The van der Waals surface area contributed by atoms with Crippen molar-refractivity contribution in [3.05, 3.63) is 120 Å².